The molecule has 0 radical (unpaired) electrons. The Kier molecular flexibility index (Phi) is 8.73. The lowest BCUT2D eigenvalue weighted by Gasteiger charge is -2.37. The molecule has 0 aromatic heterocycles. The summed E-state index contributed by atoms with van der Waals surface area (Å²) >= 11 is 0. The van der Waals surface area contributed by atoms with Crippen LogP contribution in [0.1, 0.15) is 18.9 Å². The summed E-state index contributed by atoms with van der Waals surface area (Å²) in [5.74, 6) is 2.40. The average molecular weight is 569 g/mol. The predicted octanol–water partition coefficient (Wildman–Crippen LogP) is 2.75. The first-order valence-electron chi connectivity index (χ1n) is 10.9. The van der Waals surface area contributed by atoms with Crippen LogP contribution in [0.25, 0.3) is 0 Å². The zero-order valence-electron chi connectivity index (χ0n) is 18.2. The van der Waals surface area contributed by atoms with Crippen molar-refractivity contribution < 1.29 is 22.6 Å². The number of hydrogen-bond acceptors (Lipinski definition) is 5. The molecule has 1 aromatic carbocycles. The highest BCUT2D eigenvalue weighted by molar-refractivity contribution is 14.0. The van der Waals surface area contributed by atoms with Crippen LogP contribution in [0.5, 0.6) is 11.5 Å². The van der Waals surface area contributed by atoms with Crippen molar-refractivity contribution >= 4 is 29.9 Å². The zero-order valence-corrected chi connectivity index (χ0v) is 20.6. The molecule has 180 valence electrons. The van der Waals surface area contributed by atoms with Crippen molar-refractivity contribution in [2.45, 2.75) is 32.1 Å². The zero-order chi connectivity index (χ0) is 21.8. The van der Waals surface area contributed by atoms with E-state index >= 15 is 0 Å². The topological polar surface area (TPSA) is 52.6 Å². The smallest absolute Gasteiger partial charge is 0.401 e. The number of nitrogens with zero attached hydrogens (tertiary/aromatic N) is 4. The third-order valence-corrected chi connectivity index (χ3v) is 5.83. The van der Waals surface area contributed by atoms with E-state index in [9.17, 15) is 13.2 Å². The van der Waals surface area contributed by atoms with E-state index in [0.717, 1.165) is 50.2 Å². The number of likely N-dealkylation sites (tertiary alicyclic amines) is 1. The number of halogens is 4. The van der Waals surface area contributed by atoms with Gasteiger partial charge >= 0.3 is 6.18 Å². The first-order valence-corrected chi connectivity index (χ1v) is 10.9. The van der Waals surface area contributed by atoms with Gasteiger partial charge in [-0.2, -0.15) is 13.2 Å². The van der Waals surface area contributed by atoms with Gasteiger partial charge in [0, 0.05) is 58.4 Å². The summed E-state index contributed by atoms with van der Waals surface area (Å²) in [7, 11) is 0. The molecule has 2 fully saturated rings. The van der Waals surface area contributed by atoms with Crippen LogP contribution in [0.15, 0.2) is 23.2 Å². The Morgan fingerprint density at radius 1 is 1.09 bits per heavy atom. The van der Waals surface area contributed by atoms with Gasteiger partial charge in [0.2, 0.25) is 6.79 Å². The fourth-order valence-electron chi connectivity index (χ4n) is 4.33. The van der Waals surface area contributed by atoms with E-state index in [-0.39, 0.29) is 36.8 Å². The molecule has 32 heavy (non-hydrogen) atoms. The molecule has 1 atom stereocenters. The van der Waals surface area contributed by atoms with Gasteiger partial charge in [-0.05, 0) is 31.0 Å². The maximum atomic E-state index is 12.7. The number of ether oxygens (including phenoxy) is 2. The van der Waals surface area contributed by atoms with E-state index in [1.807, 2.05) is 19.1 Å². The van der Waals surface area contributed by atoms with Crippen LogP contribution in [-0.2, 0) is 6.54 Å². The van der Waals surface area contributed by atoms with Gasteiger partial charge in [0.15, 0.2) is 17.5 Å². The number of benzene rings is 1. The molecule has 11 heteroatoms. The van der Waals surface area contributed by atoms with E-state index in [4.69, 9.17) is 9.47 Å². The van der Waals surface area contributed by atoms with E-state index in [2.05, 4.69) is 26.2 Å². The Morgan fingerprint density at radius 3 is 2.56 bits per heavy atom. The Hall–Kier alpha value is -1.47. The quantitative estimate of drug-likeness (QED) is 0.335. The first kappa shape index (κ1) is 25.2. The second-order valence-corrected chi connectivity index (χ2v) is 8.23. The van der Waals surface area contributed by atoms with Crippen molar-refractivity contribution in [2.75, 3.05) is 59.2 Å². The highest BCUT2D eigenvalue weighted by Crippen LogP contribution is 2.32. The lowest BCUT2D eigenvalue weighted by Crippen LogP contribution is -2.54. The van der Waals surface area contributed by atoms with E-state index in [1.165, 1.54) is 10.5 Å². The molecule has 4 rings (SSSR count). The number of hydrogen-bond donors (Lipinski definition) is 1. The van der Waals surface area contributed by atoms with Crippen molar-refractivity contribution in [3.63, 3.8) is 0 Å². The van der Waals surface area contributed by atoms with Crippen molar-refractivity contribution in [1.29, 1.82) is 0 Å². The first-order chi connectivity index (χ1) is 14.9. The monoisotopic (exact) mass is 569 g/mol. The molecule has 0 saturated carbocycles. The third kappa shape index (κ3) is 6.77. The Bertz CT molecular complexity index is 787. The van der Waals surface area contributed by atoms with E-state index in [0.29, 0.717) is 26.1 Å². The fourth-order valence-corrected chi connectivity index (χ4v) is 4.33. The second-order valence-electron chi connectivity index (χ2n) is 8.23. The molecule has 3 heterocycles. The van der Waals surface area contributed by atoms with Crippen molar-refractivity contribution in [2.24, 2.45) is 4.99 Å². The minimum atomic E-state index is -4.15. The molecule has 0 amide bonds. The van der Waals surface area contributed by atoms with Gasteiger partial charge < -0.3 is 19.7 Å². The van der Waals surface area contributed by atoms with E-state index < -0.39 is 12.7 Å². The molecule has 0 bridgehead atoms. The lowest BCUT2D eigenvalue weighted by atomic mass is 10.1. The number of fused-ring (bicyclic) bond motifs is 1. The van der Waals surface area contributed by atoms with Crippen LogP contribution in [0.2, 0.25) is 0 Å². The third-order valence-electron chi connectivity index (χ3n) is 5.83. The molecule has 1 aromatic rings. The predicted molar refractivity (Wildman–Crippen MR) is 127 cm³/mol. The molecule has 0 aliphatic carbocycles. The maximum Gasteiger partial charge on any atom is 0.401 e. The highest BCUT2D eigenvalue weighted by Gasteiger charge is 2.35. The normalized spacial score (nSPS) is 22.2. The standard InChI is InChI=1S/C21H30F3N5O2.HI/c1-2-25-20(26-17-5-6-28(13-17)14-21(22,23)24)29-9-7-27(8-10-29)12-16-3-4-18-19(11-16)31-15-30-18;/h3-4,11,17H,2,5-10,12-15H2,1H3,(H,25,26);1H. The SMILES string of the molecule is CCN=C(NC1CCN(CC(F)(F)F)C1)N1CCN(Cc2ccc3c(c2)OCO3)CC1.I. The molecule has 3 aliphatic heterocycles. The van der Waals surface area contributed by atoms with Crippen LogP contribution < -0.4 is 14.8 Å². The van der Waals surface area contributed by atoms with Gasteiger partial charge in [0.1, 0.15) is 0 Å². The summed E-state index contributed by atoms with van der Waals surface area (Å²) in [4.78, 5) is 10.7. The number of piperazine rings is 1. The number of nitrogens with one attached hydrogen (secondary N) is 1. The Morgan fingerprint density at radius 2 is 1.84 bits per heavy atom. The van der Waals surface area contributed by atoms with E-state index in [1.54, 1.807) is 0 Å². The van der Waals surface area contributed by atoms with Crippen LogP contribution in [0, 0.1) is 0 Å². The fraction of sp³-hybridized carbons (Fsp3) is 0.667. The minimum Gasteiger partial charge on any atom is -0.454 e. The molecule has 1 N–H and O–H groups in total. The van der Waals surface area contributed by atoms with Crippen LogP contribution in [0.4, 0.5) is 13.2 Å². The van der Waals surface area contributed by atoms with Gasteiger partial charge in [-0.15, -0.1) is 24.0 Å². The van der Waals surface area contributed by atoms with Gasteiger partial charge in [0.25, 0.3) is 0 Å². The summed E-state index contributed by atoms with van der Waals surface area (Å²) in [6.45, 7) is 7.18. The molecular formula is C21H31F3IN5O2. The molecular weight excluding hydrogens is 538 g/mol. The maximum absolute atomic E-state index is 12.7. The summed E-state index contributed by atoms with van der Waals surface area (Å²) in [5, 5.41) is 3.41. The number of rotatable bonds is 5. The summed E-state index contributed by atoms with van der Waals surface area (Å²) in [6.07, 6.45) is -3.45. The second kappa shape index (κ2) is 11.1. The lowest BCUT2D eigenvalue weighted by molar-refractivity contribution is -0.143. The molecule has 2 saturated heterocycles. The van der Waals surface area contributed by atoms with Crippen molar-refractivity contribution in [3.8, 4) is 11.5 Å². The largest absolute Gasteiger partial charge is 0.454 e. The summed E-state index contributed by atoms with van der Waals surface area (Å²) in [6, 6.07) is 6.05. The van der Waals surface area contributed by atoms with Gasteiger partial charge in [-0.3, -0.25) is 14.8 Å². The highest BCUT2D eigenvalue weighted by atomic mass is 127. The number of alkyl halides is 3. The van der Waals surface area contributed by atoms with Crippen LogP contribution in [0.3, 0.4) is 0 Å². The van der Waals surface area contributed by atoms with Crippen LogP contribution >= 0.6 is 24.0 Å². The summed E-state index contributed by atoms with van der Waals surface area (Å²) < 4.78 is 48.8. The van der Waals surface area contributed by atoms with Gasteiger partial charge in [-0.25, -0.2) is 0 Å². The molecule has 7 nitrogen and oxygen atoms in total. The van der Waals surface area contributed by atoms with Crippen molar-refractivity contribution in [1.82, 2.24) is 20.0 Å². The molecule has 0 spiro atoms. The number of guanidine groups is 1. The van der Waals surface area contributed by atoms with Gasteiger partial charge in [0.05, 0.1) is 6.54 Å². The Balaban J connectivity index is 0.00000289. The minimum absolute atomic E-state index is 0. The van der Waals surface area contributed by atoms with Crippen LogP contribution in [-0.4, -0.2) is 92.0 Å². The summed E-state index contributed by atoms with van der Waals surface area (Å²) in [5.41, 5.74) is 1.19. The Labute approximate surface area is 203 Å². The number of aliphatic imine (C=N–C) groups is 1. The molecule has 3 aliphatic rings. The van der Waals surface area contributed by atoms with Gasteiger partial charge in [-0.1, -0.05) is 6.07 Å². The molecule has 1 unspecified atom stereocenters. The average Bonchev–Trinajstić information content (AvgIpc) is 3.36. The van der Waals surface area contributed by atoms with Crippen molar-refractivity contribution in [3.05, 3.63) is 23.8 Å².